The molecule has 0 aliphatic heterocycles. The second-order valence-corrected chi connectivity index (χ2v) is 6.15. The van der Waals surface area contributed by atoms with Crippen molar-refractivity contribution in [3.63, 3.8) is 0 Å². The van der Waals surface area contributed by atoms with Gasteiger partial charge in [0.25, 0.3) is 0 Å². The first-order chi connectivity index (χ1) is 10.0. The average Bonchev–Trinajstić information content (AvgIpc) is 2.48. The van der Waals surface area contributed by atoms with Gasteiger partial charge in [0.15, 0.2) is 0 Å². The maximum atomic E-state index is 6.29. The van der Waals surface area contributed by atoms with Gasteiger partial charge < -0.3 is 9.64 Å². The molecule has 0 aliphatic carbocycles. The van der Waals surface area contributed by atoms with E-state index in [0.717, 1.165) is 22.7 Å². The van der Waals surface area contributed by atoms with Crippen LogP contribution in [0.4, 0.5) is 0 Å². The van der Waals surface area contributed by atoms with Crippen molar-refractivity contribution in [1.29, 1.82) is 0 Å². The lowest BCUT2D eigenvalue weighted by Crippen LogP contribution is -3.06. The number of halogens is 1. The SMILES string of the molecule is C[NH+](C)CCO[C@](C)(c1ccccc1)c1ccc(Cl)cc1. The smallest absolute Gasteiger partial charge is 0.116 e. The van der Waals surface area contributed by atoms with Crippen LogP contribution in [0, 0.1) is 0 Å². The van der Waals surface area contributed by atoms with Crippen molar-refractivity contribution in [3.05, 3.63) is 70.7 Å². The first-order valence-corrected chi connectivity index (χ1v) is 7.65. The molecule has 0 unspecified atom stereocenters. The summed E-state index contributed by atoms with van der Waals surface area (Å²) in [5.41, 5.74) is 1.81. The van der Waals surface area contributed by atoms with E-state index in [4.69, 9.17) is 16.3 Å². The molecule has 0 fully saturated rings. The van der Waals surface area contributed by atoms with E-state index in [0.29, 0.717) is 6.61 Å². The molecule has 2 rings (SSSR count). The van der Waals surface area contributed by atoms with Crippen LogP contribution < -0.4 is 4.90 Å². The summed E-state index contributed by atoms with van der Waals surface area (Å²) in [6.07, 6.45) is 0. The summed E-state index contributed by atoms with van der Waals surface area (Å²) in [5.74, 6) is 0. The minimum absolute atomic E-state index is 0.457. The summed E-state index contributed by atoms with van der Waals surface area (Å²) in [6.45, 7) is 3.79. The van der Waals surface area contributed by atoms with E-state index in [2.05, 4.69) is 33.2 Å². The van der Waals surface area contributed by atoms with Gasteiger partial charge in [0, 0.05) is 5.02 Å². The molecule has 2 aromatic carbocycles. The fourth-order valence-corrected chi connectivity index (χ4v) is 2.44. The van der Waals surface area contributed by atoms with Gasteiger partial charge in [0.1, 0.15) is 12.1 Å². The van der Waals surface area contributed by atoms with E-state index in [1.165, 1.54) is 4.90 Å². The zero-order valence-electron chi connectivity index (χ0n) is 12.9. The Hall–Kier alpha value is -1.35. The van der Waals surface area contributed by atoms with E-state index in [1.54, 1.807) is 0 Å². The molecule has 2 aromatic rings. The molecule has 112 valence electrons. The number of hydrogen-bond donors (Lipinski definition) is 1. The van der Waals surface area contributed by atoms with Crippen molar-refractivity contribution >= 4 is 11.6 Å². The molecule has 0 amide bonds. The van der Waals surface area contributed by atoms with Gasteiger partial charge in [-0.3, -0.25) is 0 Å². The number of nitrogens with one attached hydrogen (secondary N) is 1. The predicted octanol–water partition coefficient (Wildman–Crippen LogP) is 2.76. The minimum Gasteiger partial charge on any atom is -0.360 e. The number of benzene rings is 2. The molecule has 0 bridgehead atoms. The van der Waals surface area contributed by atoms with Gasteiger partial charge >= 0.3 is 0 Å². The van der Waals surface area contributed by atoms with Crippen molar-refractivity contribution in [2.24, 2.45) is 0 Å². The zero-order valence-corrected chi connectivity index (χ0v) is 13.7. The molecule has 2 nitrogen and oxygen atoms in total. The molecule has 21 heavy (non-hydrogen) atoms. The Bertz CT molecular complexity index is 553. The first-order valence-electron chi connectivity index (χ1n) is 7.27. The van der Waals surface area contributed by atoms with Crippen LogP contribution in [-0.4, -0.2) is 27.2 Å². The highest BCUT2D eigenvalue weighted by atomic mass is 35.5. The van der Waals surface area contributed by atoms with Crippen molar-refractivity contribution < 1.29 is 9.64 Å². The third kappa shape index (κ3) is 4.07. The third-order valence-electron chi connectivity index (χ3n) is 3.71. The van der Waals surface area contributed by atoms with Crippen LogP contribution >= 0.6 is 11.6 Å². The molecule has 0 heterocycles. The second kappa shape index (κ2) is 7.08. The van der Waals surface area contributed by atoms with E-state index in [9.17, 15) is 0 Å². The second-order valence-electron chi connectivity index (χ2n) is 5.71. The standard InChI is InChI=1S/C18H22ClNO/c1-18(21-14-13-20(2)3,15-7-5-4-6-8-15)16-9-11-17(19)12-10-16/h4-12H,13-14H2,1-3H3/p+1/t18-/m1/s1. The fourth-order valence-electron chi connectivity index (χ4n) is 2.32. The number of ether oxygens (including phenoxy) is 1. The average molecular weight is 305 g/mol. The Kier molecular flexibility index (Phi) is 5.40. The quantitative estimate of drug-likeness (QED) is 0.866. The molecule has 1 atom stereocenters. The maximum Gasteiger partial charge on any atom is 0.116 e. The predicted molar refractivity (Wildman–Crippen MR) is 88.0 cm³/mol. The van der Waals surface area contributed by atoms with Crippen LogP contribution in [0.15, 0.2) is 54.6 Å². The van der Waals surface area contributed by atoms with Gasteiger partial charge in [-0.25, -0.2) is 0 Å². The normalized spacial score (nSPS) is 14.1. The van der Waals surface area contributed by atoms with Gasteiger partial charge in [-0.15, -0.1) is 0 Å². The summed E-state index contributed by atoms with van der Waals surface area (Å²) in [6, 6.07) is 18.2. The number of quaternary nitrogens is 1. The van der Waals surface area contributed by atoms with Crippen LogP contribution in [0.1, 0.15) is 18.1 Å². The Balaban J connectivity index is 2.31. The Labute approximate surface area is 132 Å². The molecule has 3 heteroatoms. The molecule has 0 aliphatic rings. The van der Waals surface area contributed by atoms with Gasteiger partial charge in [-0.2, -0.15) is 0 Å². The molecular formula is C18H23ClNO+. The third-order valence-corrected chi connectivity index (χ3v) is 3.96. The summed E-state index contributed by atoms with van der Waals surface area (Å²) in [5, 5.41) is 0.742. The first kappa shape index (κ1) is 16.0. The lowest BCUT2D eigenvalue weighted by molar-refractivity contribution is -0.859. The Morgan fingerprint density at radius 2 is 1.52 bits per heavy atom. The molecular weight excluding hydrogens is 282 g/mol. The molecule has 0 spiro atoms. The minimum atomic E-state index is -0.457. The number of hydrogen-bond acceptors (Lipinski definition) is 1. The highest BCUT2D eigenvalue weighted by molar-refractivity contribution is 6.30. The largest absolute Gasteiger partial charge is 0.360 e. The van der Waals surface area contributed by atoms with Crippen LogP contribution in [0.3, 0.4) is 0 Å². The van der Waals surface area contributed by atoms with E-state index in [1.807, 2.05) is 42.5 Å². The summed E-state index contributed by atoms with van der Waals surface area (Å²) >= 11 is 6.01. The molecule has 0 saturated carbocycles. The topological polar surface area (TPSA) is 13.7 Å². The summed E-state index contributed by atoms with van der Waals surface area (Å²) in [4.78, 5) is 1.38. The monoisotopic (exact) mass is 304 g/mol. The molecule has 0 radical (unpaired) electrons. The zero-order chi connectivity index (χ0) is 15.3. The van der Waals surface area contributed by atoms with Gasteiger partial charge in [0.2, 0.25) is 0 Å². The molecule has 1 N–H and O–H groups in total. The lowest BCUT2D eigenvalue weighted by Gasteiger charge is -2.31. The van der Waals surface area contributed by atoms with Crippen LogP contribution in [0.5, 0.6) is 0 Å². The van der Waals surface area contributed by atoms with Crippen molar-refractivity contribution in [3.8, 4) is 0 Å². The van der Waals surface area contributed by atoms with E-state index < -0.39 is 5.60 Å². The summed E-state index contributed by atoms with van der Waals surface area (Å²) in [7, 11) is 4.26. The van der Waals surface area contributed by atoms with Gasteiger partial charge in [-0.1, -0.05) is 54.1 Å². The molecule has 0 aromatic heterocycles. The Morgan fingerprint density at radius 3 is 2.10 bits per heavy atom. The van der Waals surface area contributed by atoms with Gasteiger partial charge in [0.05, 0.1) is 20.7 Å². The van der Waals surface area contributed by atoms with Crippen molar-refractivity contribution in [2.45, 2.75) is 12.5 Å². The Morgan fingerprint density at radius 1 is 0.952 bits per heavy atom. The maximum absolute atomic E-state index is 6.29. The highest BCUT2D eigenvalue weighted by Crippen LogP contribution is 2.33. The van der Waals surface area contributed by atoms with Crippen LogP contribution in [-0.2, 0) is 10.3 Å². The van der Waals surface area contributed by atoms with Crippen LogP contribution in [0.25, 0.3) is 0 Å². The van der Waals surface area contributed by atoms with E-state index in [-0.39, 0.29) is 0 Å². The van der Waals surface area contributed by atoms with Crippen LogP contribution in [0.2, 0.25) is 5.02 Å². The highest BCUT2D eigenvalue weighted by Gasteiger charge is 2.29. The van der Waals surface area contributed by atoms with Crippen molar-refractivity contribution in [2.75, 3.05) is 27.2 Å². The van der Waals surface area contributed by atoms with E-state index >= 15 is 0 Å². The fraction of sp³-hybridized carbons (Fsp3) is 0.333. The lowest BCUT2D eigenvalue weighted by atomic mass is 9.88. The van der Waals surface area contributed by atoms with Gasteiger partial charge in [-0.05, 0) is 30.2 Å². The summed E-state index contributed by atoms with van der Waals surface area (Å²) < 4.78 is 6.29. The number of rotatable bonds is 6. The van der Waals surface area contributed by atoms with Crippen molar-refractivity contribution in [1.82, 2.24) is 0 Å². The number of likely N-dealkylation sites (N-methyl/N-ethyl adjacent to an activating group) is 1. The molecule has 0 saturated heterocycles.